The third-order valence-electron chi connectivity index (χ3n) is 2.45. The average molecular weight is 263 g/mol. The number of hydrogen-bond donors (Lipinski definition) is 1. The van der Waals surface area contributed by atoms with Crippen molar-refractivity contribution in [2.24, 2.45) is 0 Å². The monoisotopic (exact) mass is 263 g/mol. The molecule has 18 heavy (non-hydrogen) atoms. The second kappa shape index (κ2) is 5.64. The molecule has 0 radical (unpaired) electrons. The van der Waals surface area contributed by atoms with Crippen LogP contribution in [0.1, 0.15) is 16.1 Å². The van der Waals surface area contributed by atoms with Crippen molar-refractivity contribution in [2.45, 2.75) is 11.4 Å². The molecular formula is C13H13NO3S. The molecule has 1 N–H and O–H groups in total. The molecule has 1 aromatic carbocycles. The highest BCUT2D eigenvalue weighted by Crippen LogP contribution is 2.08. The summed E-state index contributed by atoms with van der Waals surface area (Å²) in [5.74, 6) is 0.0458. The first kappa shape index (κ1) is 12.6. The molecule has 94 valence electrons. The van der Waals surface area contributed by atoms with E-state index in [2.05, 4.69) is 5.32 Å². The third-order valence-corrected chi connectivity index (χ3v) is 3.39. The van der Waals surface area contributed by atoms with Gasteiger partial charge >= 0.3 is 0 Å². The van der Waals surface area contributed by atoms with Crippen molar-refractivity contribution >= 4 is 16.7 Å². The van der Waals surface area contributed by atoms with Gasteiger partial charge in [-0.3, -0.25) is 9.00 Å². The summed E-state index contributed by atoms with van der Waals surface area (Å²) < 4.78 is 16.2. The molecule has 2 rings (SSSR count). The summed E-state index contributed by atoms with van der Waals surface area (Å²) in [7, 11) is -0.977. The van der Waals surface area contributed by atoms with Gasteiger partial charge in [0.05, 0.1) is 6.26 Å². The maximum absolute atomic E-state index is 11.6. The van der Waals surface area contributed by atoms with Crippen LogP contribution in [-0.4, -0.2) is 16.4 Å². The van der Waals surface area contributed by atoms with Crippen molar-refractivity contribution in [3.05, 3.63) is 54.0 Å². The maximum Gasteiger partial charge on any atom is 0.287 e. The van der Waals surface area contributed by atoms with E-state index in [4.69, 9.17) is 4.42 Å². The van der Waals surface area contributed by atoms with E-state index in [1.54, 1.807) is 30.5 Å². The van der Waals surface area contributed by atoms with Crippen molar-refractivity contribution in [1.29, 1.82) is 0 Å². The average Bonchev–Trinajstić information content (AvgIpc) is 2.90. The Morgan fingerprint density at radius 1 is 1.28 bits per heavy atom. The molecule has 0 saturated heterocycles. The van der Waals surface area contributed by atoms with Crippen molar-refractivity contribution in [2.75, 3.05) is 6.26 Å². The molecule has 1 amide bonds. The lowest BCUT2D eigenvalue weighted by molar-refractivity contribution is 0.0923. The van der Waals surface area contributed by atoms with Crippen molar-refractivity contribution < 1.29 is 13.4 Å². The molecule has 0 saturated carbocycles. The number of carbonyl (C=O) groups excluding carboxylic acids is 1. The lowest BCUT2D eigenvalue weighted by Crippen LogP contribution is -2.22. The number of amides is 1. The maximum atomic E-state index is 11.6. The normalized spacial score (nSPS) is 12.1. The summed E-state index contributed by atoms with van der Waals surface area (Å²) >= 11 is 0. The lowest BCUT2D eigenvalue weighted by Gasteiger charge is -2.04. The highest BCUT2D eigenvalue weighted by molar-refractivity contribution is 7.84. The quantitative estimate of drug-likeness (QED) is 0.917. The highest BCUT2D eigenvalue weighted by Gasteiger charge is 2.07. The van der Waals surface area contributed by atoms with E-state index >= 15 is 0 Å². The minimum absolute atomic E-state index is 0.247. The van der Waals surface area contributed by atoms with Gasteiger partial charge in [-0.25, -0.2) is 0 Å². The highest BCUT2D eigenvalue weighted by atomic mass is 32.2. The topological polar surface area (TPSA) is 59.3 Å². The fraction of sp³-hybridized carbons (Fsp3) is 0.154. The van der Waals surface area contributed by atoms with Crippen LogP contribution >= 0.6 is 0 Å². The predicted molar refractivity (Wildman–Crippen MR) is 68.7 cm³/mol. The minimum atomic E-state index is -0.977. The second-order valence-electron chi connectivity index (χ2n) is 3.76. The molecule has 0 fully saturated rings. The second-order valence-corrected chi connectivity index (χ2v) is 5.14. The summed E-state index contributed by atoms with van der Waals surface area (Å²) in [6.45, 7) is 0.413. The van der Waals surface area contributed by atoms with E-state index < -0.39 is 10.8 Å². The Balaban J connectivity index is 1.94. The standard InChI is InChI=1S/C13H13NO3S/c1-18(16)11-6-4-10(5-7-11)9-14-13(15)12-3-2-8-17-12/h2-8H,9H2,1H3,(H,14,15). The summed E-state index contributed by atoms with van der Waals surface area (Å²) in [5, 5.41) is 2.74. The molecule has 0 bridgehead atoms. The van der Waals surface area contributed by atoms with Gasteiger partial charge in [0.25, 0.3) is 5.91 Å². The molecule has 1 unspecified atom stereocenters. The molecule has 4 nitrogen and oxygen atoms in total. The van der Waals surface area contributed by atoms with Gasteiger partial charge in [-0.1, -0.05) is 12.1 Å². The van der Waals surface area contributed by atoms with Crippen molar-refractivity contribution in [3.63, 3.8) is 0 Å². The van der Waals surface area contributed by atoms with Gasteiger partial charge in [0.2, 0.25) is 0 Å². The summed E-state index contributed by atoms with van der Waals surface area (Å²) in [6, 6.07) is 10.6. The van der Waals surface area contributed by atoms with Crippen LogP contribution < -0.4 is 5.32 Å². The summed E-state index contributed by atoms with van der Waals surface area (Å²) in [6.07, 6.45) is 3.09. The van der Waals surface area contributed by atoms with Gasteiger partial charge in [0.1, 0.15) is 0 Å². The van der Waals surface area contributed by atoms with Crippen LogP contribution in [0.2, 0.25) is 0 Å². The van der Waals surface area contributed by atoms with Crippen LogP contribution in [-0.2, 0) is 17.3 Å². The SMILES string of the molecule is CS(=O)c1ccc(CNC(=O)c2ccco2)cc1. The zero-order chi connectivity index (χ0) is 13.0. The van der Waals surface area contributed by atoms with Crippen LogP contribution in [0.15, 0.2) is 52.0 Å². The Morgan fingerprint density at radius 2 is 2.00 bits per heavy atom. The number of nitrogens with one attached hydrogen (secondary N) is 1. The first-order valence-corrected chi connectivity index (χ1v) is 6.96. The van der Waals surface area contributed by atoms with E-state index in [9.17, 15) is 9.00 Å². The molecule has 5 heteroatoms. The van der Waals surface area contributed by atoms with Gasteiger partial charge in [-0.05, 0) is 29.8 Å². The zero-order valence-corrected chi connectivity index (χ0v) is 10.7. The number of furan rings is 1. The van der Waals surface area contributed by atoms with E-state index in [-0.39, 0.29) is 5.91 Å². The molecule has 1 heterocycles. The molecule has 0 spiro atoms. The Kier molecular flexibility index (Phi) is 3.94. The molecule has 0 aliphatic heterocycles. The Morgan fingerprint density at radius 3 is 2.56 bits per heavy atom. The molecule has 0 aliphatic carbocycles. The summed E-state index contributed by atoms with van der Waals surface area (Å²) in [5.41, 5.74) is 0.948. The minimum Gasteiger partial charge on any atom is -0.459 e. The number of rotatable bonds is 4. The first-order chi connectivity index (χ1) is 8.66. The Hall–Kier alpha value is -1.88. The Labute approximate surface area is 107 Å². The van der Waals surface area contributed by atoms with Gasteiger partial charge in [-0.15, -0.1) is 0 Å². The van der Waals surface area contributed by atoms with Crippen LogP contribution in [0.5, 0.6) is 0 Å². The van der Waals surface area contributed by atoms with E-state index in [0.29, 0.717) is 12.3 Å². The van der Waals surface area contributed by atoms with Gasteiger partial charge in [0.15, 0.2) is 5.76 Å². The van der Waals surface area contributed by atoms with Gasteiger partial charge < -0.3 is 9.73 Å². The first-order valence-electron chi connectivity index (χ1n) is 5.41. The van der Waals surface area contributed by atoms with Crippen molar-refractivity contribution in [1.82, 2.24) is 5.32 Å². The molecular weight excluding hydrogens is 250 g/mol. The smallest absolute Gasteiger partial charge is 0.287 e. The summed E-state index contributed by atoms with van der Waals surface area (Å²) in [4.78, 5) is 12.4. The van der Waals surface area contributed by atoms with E-state index in [1.807, 2.05) is 12.1 Å². The van der Waals surface area contributed by atoms with Crippen LogP contribution in [0, 0.1) is 0 Å². The molecule has 0 aliphatic rings. The van der Waals surface area contributed by atoms with Crippen LogP contribution in [0.4, 0.5) is 0 Å². The van der Waals surface area contributed by atoms with Crippen LogP contribution in [0.3, 0.4) is 0 Å². The Bertz CT molecular complexity index is 546. The molecule has 2 aromatic rings. The number of benzene rings is 1. The molecule has 1 atom stereocenters. The fourth-order valence-corrected chi connectivity index (χ4v) is 2.00. The van der Waals surface area contributed by atoms with E-state index in [0.717, 1.165) is 10.5 Å². The number of carbonyl (C=O) groups is 1. The molecule has 1 aromatic heterocycles. The number of hydrogen-bond acceptors (Lipinski definition) is 3. The van der Waals surface area contributed by atoms with Gasteiger partial charge in [0, 0.05) is 28.5 Å². The zero-order valence-electron chi connectivity index (χ0n) is 9.88. The predicted octanol–water partition coefficient (Wildman–Crippen LogP) is 1.95. The van der Waals surface area contributed by atoms with Crippen LogP contribution in [0.25, 0.3) is 0 Å². The largest absolute Gasteiger partial charge is 0.459 e. The lowest BCUT2D eigenvalue weighted by atomic mass is 10.2. The van der Waals surface area contributed by atoms with Crippen molar-refractivity contribution in [3.8, 4) is 0 Å². The van der Waals surface area contributed by atoms with E-state index in [1.165, 1.54) is 6.26 Å². The fourth-order valence-electron chi connectivity index (χ4n) is 1.48. The van der Waals surface area contributed by atoms with Gasteiger partial charge in [-0.2, -0.15) is 0 Å². The third kappa shape index (κ3) is 3.07.